The number of carbonyl (C=O) groups is 1. The van der Waals surface area contributed by atoms with Gasteiger partial charge in [-0.15, -0.1) is 0 Å². The third-order valence-electron chi connectivity index (χ3n) is 3.60. The highest BCUT2D eigenvalue weighted by Crippen LogP contribution is 2.23. The topological polar surface area (TPSA) is 46.3 Å². The Morgan fingerprint density at radius 3 is 2.58 bits per heavy atom. The van der Waals surface area contributed by atoms with Gasteiger partial charge in [0, 0.05) is 34.7 Å². The molecule has 2 unspecified atom stereocenters. The Kier molecular flexibility index (Phi) is 4.71. The molecule has 0 radical (unpaired) electrons. The van der Waals surface area contributed by atoms with Crippen LogP contribution in [0, 0.1) is 5.92 Å². The Balaban J connectivity index is 2.14. The van der Waals surface area contributed by atoms with Crippen LogP contribution in [0.3, 0.4) is 0 Å². The first-order chi connectivity index (χ1) is 8.97. The van der Waals surface area contributed by atoms with Crippen molar-refractivity contribution in [3.05, 3.63) is 33.8 Å². The van der Waals surface area contributed by atoms with Crippen molar-refractivity contribution in [3.63, 3.8) is 0 Å². The quantitative estimate of drug-likeness (QED) is 0.912. The zero-order chi connectivity index (χ0) is 14.0. The van der Waals surface area contributed by atoms with E-state index in [9.17, 15) is 4.79 Å². The molecule has 1 fully saturated rings. The molecule has 1 amide bonds. The lowest BCUT2D eigenvalue weighted by atomic mass is 9.92. The van der Waals surface area contributed by atoms with E-state index in [1.807, 2.05) is 11.8 Å². The molecule has 2 rings (SSSR count). The normalized spacial score (nSPS) is 21.3. The molecule has 1 aliphatic heterocycles. The number of rotatable bonds is 2. The molecule has 104 valence electrons. The number of piperidine rings is 1. The van der Waals surface area contributed by atoms with Crippen molar-refractivity contribution in [2.24, 2.45) is 11.7 Å². The second-order valence-electron chi connectivity index (χ2n) is 5.17. The third-order valence-corrected chi connectivity index (χ3v) is 4.03. The molecule has 0 spiro atoms. The Labute approximate surface area is 123 Å². The fraction of sp³-hybridized carbons (Fsp3) is 0.500. The van der Waals surface area contributed by atoms with Crippen molar-refractivity contribution in [2.75, 3.05) is 13.1 Å². The van der Waals surface area contributed by atoms with E-state index in [0.29, 0.717) is 28.1 Å². The number of carbonyl (C=O) groups excluding carboxylic acids is 1. The van der Waals surface area contributed by atoms with Crippen molar-refractivity contribution in [1.29, 1.82) is 0 Å². The van der Waals surface area contributed by atoms with Gasteiger partial charge in [0.2, 0.25) is 0 Å². The number of hydrogen-bond acceptors (Lipinski definition) is 2. The van der Waals surface area contributed by atoms with Crippen LogP contribution < -0.4 is 5.73 Å². The van der Waals surface area contributed by atoms with Crippen molar-refractivity contribution >= 4 is 29.1 Å². The summed E-state index contributed by atoms with van der Waals surface area (Å²) in [7, 11) is 0. The maximum Gasteiger partial charge on any atom is 0.253 e. The number of nitrogens with two attached hydrogens (primary N) is 1. The third kappa shape index (κ3) is 3.62. The van der Waals surface area contributed by atoms with E-state index < -0.39 is 0 Å². The van der Waals surface area contributed by atoms with Gasteiger partial charge in [-0.1, -0.05) is 23.2 Å². The van der Waals surface area contributed by atoms with Crippen LogP contribution in [0.25, 0.3) is 0 Å². The molecule has 0 aromatic heterocycles. The lowest BCUT2D eigenvalue weighted by Crippen LogP contribution is -2.45. The fourth-order valence-electron chi connectivity index (χ4n) is 2.48. The lowest BCUT2D eigenvalue weighted by molar-refractivity contribution is 0.0661. The number of halogens is 2. The average molecular weight is 301 g/mol. The summed E-state index contributed by atoms with van der Waals surface area (Å²) in [4.78, 5) is 14.3. The number of amides is 1. The molecule has 5 heteroatoms. The smallest absolute Gasteiger partial charge is 0.253 e. The van der Waals surface area contributed by atoms with E-state index >= 15 is 0 Å². The molecule has 3 nitrogen and oxygen atoms in total. The van der Waals surface area contributed by atoms with Crippen LogP contribution in [0.5, 0.6) is 0 Å². The van der Waals surface area contributed by atoms with Crippen LogP contribution in [0.2, 0.25) is 10.0 Å². The largest absolute Gasteiger partial charge is 0.338 e. The van der Waals surface area contributed by atoms with Crippen molar-refractivity contribution in [2.45, 2.75) is 25.8 Å². The van der Waals surface area contributed by atoms with E-state index in [2.05, 4.69) is 0 Å². The maximum absolute atomic E-state index is 12.4. The fourth-order valence-corrected chi connectivity index (χ4v) is 3.01. The minimum absolute atomic E-state index is 0.0187. The predicted molar refractivity (Wildman–Crippen MR) is 78.7 cm³/mol. The molecule has 2 N–H and O–H groups in total. The Hall–Kier alpha value is -0.770. The highest BCUT2D eigenvalue weighted by Gasteiger charge is 2.26. The van der Waals surface area contributed by atoms with Crippen LogP contribution in [-0.2, 0) is 0 Å². The van der Waals surface area contributed by atoms with Crippen LogP contribution >= 0.6 is 23.2 Å². The van der Waals surface area contributed by atoms with Crippen LogP contribution in [0.15, 0.2) is 18.2 Å². The van der Waals surface area contributed by atoms with Gasteiger partial charge in [-0.05, 0) is 43.9 Å². The molecule has 1 aromatic rings. The van der Waals surface area contributed by atoms with Crippen molar-refractivity contribution in [3.8, 4) is 0 Å². The predicted octanol–water partition coefficient (Wildman–Crippen LogP) is 3.19. The minimum atomic E-state index is -0.0187. The zero-order valence-electron chi connectivity index (χ0n) is 10.9. The Morgan fingerprint density at radius 2 is 2.00 bits per heavy atom. The Morgan fingerprint density at radius 1 is 1.37 bits per heavy atom. The molecule has 1 aliphatic rings. The monoisotopic (exact) mass is 300 g/mol. The van der Waals surface area contributed by atoms with E-state index in [1.165, 1.54) is 0 Å². The number of hydrogen-bond donors (Lipinski definition) is 1. The van der Waals surface area contributed by atoms with Crippen LogP contribution in [0.1, 0.15) is 30.1 Å². The number of nitrogens with zero attached hydrogens (tertiary/aromatic N) is 1. The maximum atomic E-state index is 12.4. The molecule has 0 saturated carbocycles. The first-order valence-corrected chi connectivity index (χ1v) is 7.24. The highest BCUT2D eigenvalue weighted by molar-refractivity contribution is 6.35. The summed E-state index contributed by atoms with van der Waals surface area (Å²) < 4.78 is 0. The summed E-state index contributed by atoms with van der Waals surface area (Å²) in [5, 5.41) is 0.966. The van der Waals surface area contributed by atoms with Gasteiger partial charge in [-0.3, -0.25) is 4.79 Å². The highest BCUT2D eigenvalue weighted by atomic mass is 35.5. The van der Waals surface area contributed by atoms with Crippen LogP contribution in [-0.4, -0.2) is 29.9 Å². The summed E-state index contributed by atoms with van der Waals surface area (Å²) >= 11 is 11.9. The summed E-state index contributed by atoms with van der Waals surface area (Å²) in [5.74, 6) is 0.349. The first kappa shape index (κ1) is 14.6. The van der Waals surface area contributed by atoms with Crippen molar-refractivity contribution in [1.82, 2.24) is 4.90 Å². The van der Waals surface area contributed by atoms with E-state index in [0.717, 1.165) is 19.4 Å². The second kappa shape index (κ2) is 6.12. The van der Waals surface area contributed by atoms with Gasteiger partial charge < -0.3 is 10.6 Å². The summed E-state index contributed by atoms with van der Waals surface area (Å²) in [5.41, 5.74) is 6.48. The average Bonchev–Trinajstić information content (AvgIpc) is 2.37. The second-order valence-corrected chi connectivity index (χ2v) is 6.04. The summed E-state index contributed by atoms with van der Waals surface area (Å²) in [6.07, 6.45) is 2.07. The van der Waals surface area contributed by atoms with Gasteiger partial charge in [0.25, 0.3) is 5.91 Å². The van der Waals surface area contributed by atoms with Gasteiger partial charge in [-0.25, -0.2) is 0 Å². The van der Waals surface area contributed by atoms with Gasteiger partial charge in [-0.2, -0.15) is 0 Å². The zero-order valence-corrected chi connectivity index (χ0v) is 12.4. The van der Waals surface area contributed by atoms with E-state index in [4.69, 9.17) is 28.9 Å². The summed E-state index contributed by atoms with van der Waals surface area (Å²) in [6, 6.07) is 5.05. The standard InChI is InChI=1S/C14H18Cl2N2O/c1-9(17)10-3-2-4-18(8-10)14(19)11-5-12(15)7-13(16)6-11/h5-7,9-10H,2-4,8,17H2,1H3. The van der Waals surface area contributed by atoms with Crippen molar-refractivity contribution < 1.29 is 4.79 Å². The molecule has 19 heavy (non-hydrogen) atoms. The van der Waals surface area contributed by atoms with E-state index in [1.54, 1.807) is 18.2 Å². The van der Waals surface area contributed by atoms with Gasteiger partial charge in [0.15, 0.2) is 0 Å². The van der Waals surface area contributed by atoms with E-state index in [-0.39, 0.29) is 11.9 Å². The summed E-state index contributed by atoms with van der Waals surface area (Å²) in [6.45, 7) is 3.47. The van der Waals surface area contributed by atoms with Gasteiger partial charge >= 0.3 is 0 Å². The van der Waals surface area contributed by atoms with Gasteiger partial charge in [0.05, 0.1) is 0 Å². The molecule has 1 heterocycles. The molecule has 2 atom stereocenters. The number of likely N-dealkylation sites (tertiary alicyclic amines) is 1. The molecular formula is C14H18Cl2N2O. The molecule has 1 aromatic carbocycles. The molecule has 1 saturated heterocycles. The lowest BCUT2D eigenvalue weighted by Gasteiger charge is -2.34. The first-order valence-electron chi connectivity index (χ1n) is 6.48. The van der Waals surface area contributed by atoms with Gasteiger partial charge in [0.1, 0.15) is 0 Å². The number of benzene rings is 1. The molecule has 0 aliphatic carbocycles. The molecular weight excluding hydrogens is 283 g/mol. The molecule has 0 bridgehead atoms. The Bertz CT molecular complexity index is 456. The minimum Gasteiger partial charge on any atom is -0.338 e. The SMILES string of the molecule is CC(N)C1CCCN(C(=O)c2cc(Cl)cc(Cl)c2)C1. The van der Waals surface area contributed by atoms with Crippen LogP contribution in [0.4, 0.5) is 0 Å².